The van der Waals surface area contributed by atoms with Crippen LogP contribution in [-0.2, 0) is 0 Å². The maximum Gasteiger partial charge on any atom is 0.0334 e. The third-order valence-corrected chi connectivity index (χ3v) is 5.54. The fraction of sp³-hybridized carbons (Fsp3) is 1.00. The smallest absolute Gasteiger partial charge is 0.0334 e. The summed E-state index contributed by atoms with van der Waals surface area (Å²) in [4.78, 5) is 2.83. The van der Waals surface area contributed by atoms with Crippen LogP contribution in [0.3, 0.4) is 0 Å². The number of nitrogens with two attached hydrogens (primary N) is 1. The van der Waals surface area contributed by atoms with Gasteiger partial charge in [0.25, 0.3) is 0 Å². The summed E-state index contributed by atoms with van der Waals surface area (Å²) in [6, 6.07) is 0.862. The first-order valence-electron chi connectivity index (χ1n) is 8.58. The quantitative estimate of drug-likeness (QED) is 0.759. The van der Waals surface area contributed by atoms with Gasteiger partial charge in [0.15, 0.2) is 0 Å². The van der Waals surface area contributed by atoms with Gasteiger partial charge >= 0.3 is 0 Å². The van der Waals surface area contributed by atoms with Crippen molar-refractivity contribution >= 4 is 0 Å². The van der Waals surface area contributed by atoms with Crippen molar-refractivity contribution in [3.05, 3.63) is 0 Å². The molecule has 2 saturated carbocycles. The molecule has 2 rings (SSSR count). The van der Waals surface area contributed by atoms with Crippen molar-refractivity contribution in [1.29, 1.82) is 0 Å². The number of hydrogen-bond donors (Lipinski definition) is 1. The molecule has 2 heteroatoms. The molecule has 0 spiro atoms. The first kappa shape index (κ1) is 15.3. The second kappa shape index (κ2) is 6.58. The summed E-state index contributed by atoms with van der Waals surface area (Å²) in [5, 5.41) is 0. The zero-order valence-electron chi connectivity index (χ0n) is 13.3. The Hall–Kier alpha value is -0.0800. The maximum atomic E-state index is 6.26. The van der Waals surface area contributed by atoms with Gasteiger partial charge in [0, 0.05) is 18.1 Å². The molecule has 0 bridgehead atoms. The van der Waals surface area contributed by atoms with Crippen LogP contribution < -0.4 is 5.73 Å². The normalized spacial score (nSPS) is 32.2. The van der Waals surface area contributed by atoms with Crippen LogP contribution in [0.2, 0.25) is 0 Å². The lowest BCUT2D eigenvalue weighted by molar-refractivity contribution is 0.0309. The van der Waals surface area contributed by atoms with E-state index in [1.165, 1.54) is 57.9 Å². The molecule has 2 fully saturated rings. The Morgan fingerprint density at radius 3 is 2.21 bits per heavy atom. The molecule has 2 aliphatic carbocycles. The number of rotatable bonds is 7. The van der Waals surface area contributed by atoms with Crippen LogP contribution in [0.25, 0.3) is 0 Å². The summed E-state index contributed by atoms with van der Waals surface area (Å²) in [7, 11) is 0. The van der Waals surface area contributed by atoms with Crippen LogP contribution in [0.15, 0.2) is 0 Å². The van der Waals surface area contributed by atoms with Gasteiger partial charge in [-0.25, -0.2) is 0 Å². The Morgan fingerprint density at radius 2 is 1.79 bits per heavy atom. The SMILES string of the molecule is CCC1CCC(CN)(N(CCC(C)C)C2CC2)CC1. The van der Waals surface area contributed by atoms with E-state index in [2.05, 4.69) is 25.7 Å². The highest BCUT2D eigenvalue weighted by atomic mass is 15.3. The lowest BCUT2D eigenvalue weighted by Crippen LogP contribution is -2.57. The van der Waals surface area contributed by atoms with Crippen molar-refractivity contribution in [2.75, 3.05) is 13.1 Å². The van der Waals surface area contributed by atoms with Crippen molar-refractivity contribution in [3.63, 3.8) is 0 Å². The van der Waals surface area contributed by atoms with Gasteiger partial charge in [0.1, 0.15) is 0 Å². The molecule has 0 aromatic rings. The van der Waals surface area contributed by atoms with Crippen molar-refractivity contribution < 1.29 is 0 Å². The van der Waals surface area contributed by atoms with E-state index >= 15 is 0 Å². The van der Waals surface area contributed by atoms with E-state index in [0.29, 0.717) is 5.54 Å². The van der Waals surface area contributed by atoms with Crippen molar-refractivity contribution in [2.24, 2.45) is 17.6 Å². The first-order valence-corrected chi connectivity index (χ1v) is 8.58. The molecule has 112 valence electrons. The second-order valence-corrected chi connectivity index (χ2v) is 7.39. The summed E-state index contributed by atoms with van der Waals surface area (Å²) in [6.45, 7) is 9.17. The molecule has 0 aliphatic heterocycles. The predicted octanol–water partition coefficient (Wildman–Crippen LogP) is 3.79. The molecular weight excluding hydrogens is 232 g/mol. The molecule has 2 nitrogen and oxygen atoms in total. The lowest BCUT2D eigenvalue weighted by atomic mass is 9.74. The van der Waals surface area contributed by atoms with Gasteiger partial charge in [-0.15, -0.1) is 0 Å². The Balaban J connectivity index is 2.00. The molecule has 2 aliphatic rings. The average molecular weight is 266 g/mol. The maximum absolute atomic E-state index is 6.26. The zero-order chi connectivity index (χ0) is 13.9. The highest BCUT2D eigenvalue weighted by molar-refractivity contribution is 5.01. The largest absolute Gasteiger partial charge is 0.329 e. The van der Waals surface area contributed by atoms with Crippen LogP contribution in [0.4, 0.5) is 0 Å². The molecule has 0 unspecified atom stereocenters. The topological polar surface area (TPSA) is 29.3 Å². The summed E-state index contributed by atoms with van der Waals surface area (Å²) in [5.41, 5.74) is 6.61. The summed E-state index contributed by atoms with van der Waals surface area (Å²) >= 11 is 0. The van der Waals surface area contributed by atoms with Gasteiger partial charge in [-0.2, -0.15) is 0 Å². The van der Waals surface area contributed by atoms with Gasteiger partial charge in [-0.1, -0.05) is 27.2 Å². The van der Waals surface area contributed by atoms with E-state index in [9.17, 15) is 0 Å². The molecular formula is C17H34N2. The molecule has 19 heavy (non-hydrogen) atoms. The Bertz CT molecular complexity index is 262. The number of nitrogens with zero attached hydrogens (tertiary/aromatic N) is 1. The van der Waals surface area contributed by atoms with Gasteiger partial charge in [-0.05, 0) is 63.3 Å². The lowest BCUT2D eigenvalue weighted by Gasteiger charge is -2.48. The fourth-order valence-electron chi connectivity index (χ4n) is 3.82. The Morgan fingerprint density at radius 1 is 1.16 bits per heavy atom. The first-order chi connectivity index (χ1) is 9.11. The molecule has 0 amide bonds. The third-order valence-electron chi connectivity index (χ3n) is 5.54. The third kappa shape index (κ3) is 3.72. The van der Waals surface area contributed by atoms with E-state index in [0.717, 1.165) is 24.4 Å². The Kier molecular flexibility index (Phi) is 5.30. The van der Waals surface area contributed by atoms with Crippen LogP contribution in [0, 0.1) is 11.8 Å². The molecule has 0 radical (unpaired) electrons. The highest BCUT2D eigenvalue weighted by Crippen LogP contribution is 2.42. The summed E-state index contributed by atoms with van der Waals surface area (Å²) in [6.07, 6.45) is 11.0. The van der Waals surface area contributed by atoms with Crippen molar-refractivity contribution in [1.82, 2.24) is 4.90 Å². The highest BCUT2D eigenvalue weighted by Gasteiger charge is 2.44. The van der Waals surface area contributed by atoms with Crippen LogP contribution in [-0.4, -0.2) is 29.6 Å². The minimum atomic E-state index is 0.349. The van der Waals surface area contributed by atoms with E-state index in [-0.39, 0.29) is 0 Å². The summed E-state index contributed by atoms with van der Waals surface area (Å²) in [5.74, 6) is 1.77. The van der Waals surface area contributed by atoms with E-state index in [1.807, 2.05) is 0 Å². The van der Waals surface area contributed by atoms with Crippen molar-refractivity contribution in [2.45, 2.75) is 83.7 Å². The van der Waals surface area contributed by atoms with Gasteiger partial charge < -0.3 is 5.73 Å². The van der Waals surface area contributed by atoms with Crippen molar-refractivity contribution in [3.8, 4) is 0 Å². The monoisotopic (exact) mass is 266 g/mol. The fourth-order valence-corrected chi connectivity index (χ4v) is 3.82. The van der Waals surface area contributed by atoms with Gasteiger partial charge in [-0.3, -0.25) is 4.90 Å². The second-order valence-electron chi connectivity index (χ2n) is 7.39. The number of hydrogen-bond acceptors (Lipinski definition) is 2. The molecule has 0 saturated heterocycles. The standard InChI is InChI=1S/C17H34N2/c1-4-15-7-10-17(13-18,11-8-15)19(16-5-6-16)12-9-14(2)3/h14-16H,4-13,18H2,1-3H3. The minimum Gasteiger partial charge on any atom is -0.329 e. The summed E-state index contributed by atoms with van der Waals surface area (Å²) < 4.78 is 0. The van der Waals surface area contributed by atoms with E-state index < -0.39 is 0 Å². The minimum absolute atomic E-state index is 0.349. The molecule has 0 aromatic carbocycles. The predicted molar refractivity (Wildman–Crippen MR) is 83.2 cm³/mol. The van der Waals surface area contributed by atoms with Gasteiger partial charge in [0.05, 0.1) is 0 Å². The average Bonchev–Trinajstić information content (AvgIpc) is 3.24. The zero-order valence-corrected chi connectivity index (χ0v) is 13.3. The van der Waals surface area contributed by atoms with Gasteiger partial charge in [0.2, 0.25) is 0 Å². The molecule has 2 N–H and O–H groups in total. The Labute approximate surface area is 120 Å². The van der Waals surface area contributed by atoms with Crippen LogP contribution in [0.5, 0.6) is 0 Å². The van der Waals surface area contributed by atoms with E-state index in [4.69, 9.17) is 5.73 Å². The molecule has 0 heterocycles. The molecule has 0 aromatic heterocycles. The van der Waals surface area contributed by atoms with Crippen LogP contribution in [0.1, 0.15) is 72.1 Å². The van der Waals surface area contributed by atoms with Crippen LogP contribution >= 0.6 is 0 Å². The molecule has 0 atom stereocenters. The van der Waals surface area contributed by atoms with E-state index in [1.54, 1.807) is 0 Å².